The van der Waals surface area contributed by atoms with Gasteiger partial charge in [0.15, 0.2) is 0 Å². The van der Waals surface area contributed by atoms with Crippen molar-refractivity contribution >= 4 is 0 Å². The molecule has 0 heterocycles. The third-order valence-corrected chi connectivity index (χ3v) is 5.51. The van der Waals surface area contributed by atoms with Gasteiger partial charge in [0, 0.05) is 0 Å². The van der Waals surface area contributed by atoms with Crippen molar-refractivity contribution in [2.75, 3.05) is 0 Å². The molecule has 4 bridgehead atoms. The van der Waals surface area contributed by atoms with Crippen molar-refractivity contribution in [3.8, 4) is 0 Å². The second-order valence-corrected chi connectivity index (χ2v) is 6.39. The molecule has 4 aliphatic rings. The monoisotopic (exact) mass is 238 g/mol. The predicted molar refractivity (Wildman–Crippen MR) is 64.3 cm³/mol. The van der Waals surface area contributed by atoms with Gasteiger partial charge in [-0.15, -0.1) is 0 Å². The molecule has 4 saturated carbocycles. The smallest absolute Gasteiger partial charge is 0.132 e. The molecule has 0 saturated heterocycles. The molecule has 4 fully saturated rings. The number of aliphatic hydroxyl groups excluding tert-OH is 1. The van der Waals surface area contributed by atoms with Gasteiger partial charge in [0.25, 0.3) is 0 Å². The van der Waals surface area contributed by atoms with Gasteiger partial charge in [-0.25, -0.2) is 4.89 Å². The Morgan fingerprint density at radius 2 is 1.65 bits per heavy atom. The van der Waals surface area contributed by atoms with Gasteiger partial charge in [-0.2, -0.15) is 0 Å². The Kier molecular flexibility index (Phi) is 2.62. The summed E-state index contributed by atoms with van der Waals surface area (Å²) in [5, 5.41) is 19.3. The Balaban J connectivity index is 1.97. The van der Waals surface area contributed by atoms with Crippen LogP contribution in [0.4, 0.5) is 0 Å². The Morgan fingerprint density at radius 1 is 1.18 bits per heavy atom. The van der Waals surface area contributed by atoms with Gasteiger partial charge in [0.05, 0.1) is 6.10 Å². The van der Waals surface area contributed by atoms with E-state index in [2.05, 4.69) is 6.58 Å². The summed E-state index contributed by atoms with van der Waals surface area (Å²) in [5.41, 5.74) is 0.00972. The summed E-state index contributed by atoms with van der Waals surface area (Å²) in [6.07, 6.45) is 5.24. The van der Waals surface area contributed by atoms with Gasteiger partial charge in [-0.3, -0.25) is 5.26 Å². The molecule has 96 valence electrons. The molecule has 0 spiro atoms. The highest BCUT2D eigenvalue weighted by Crippen LogP contribution is 2.61. The van der Waals surface area contributed by atoms with Crippen LogP contribution >= 0.6 is 0 Å². The molecule has 0 aromatic rings. The maximum atomic E-state index is 9.81. The number of aliphatic hydroxyl groups is 1. The number of hydrogen-bond donors (Lipinski definition) is 2. The van der Waals surface area contributed by atoms with E-state index in [1.165, 1.54) is 6.42 Å². The average molecular weight is 238 g/mol. The number of rotatable bonds is 3. The molecule has 0 amide bonds. The summed E-state index contributed by atoms with van der Waals surface area (Å²) in [4.78, 5) is 4.98. The molecule has 0 aliphatic heterocycles. The molecular formula is C14H22O3. The van der Waals surface area contributed by atoms with E-state index in [-0.39, 0.29) is 0 Å². The predicted octanol–water partition coefficient (Wildman–Crippen LogP) is 2.61. The molecule has 1 atom stereocenters. The summed E-state index contributed by atoms with van der Waals surface area (Å²) in [7, 11) is 0. The van der Waals surface area contributed by atoms with Crippen LogP contribution < -0.4 is 0 Å². The van der Waals surface area contributed by atoms with Gasteiger partial charge in [-0.05, 0) is 68.3 Å². The maximum Gasteiger partial charge on any atom is 0.132 e. The molecular weight excluding hydrogens is 216 g/mol. The zero-order valence-corrected chi connectivity index (χ0v) is 10.4. The van der Waals surface area contributed by atoms with Crippen LogP contribution in [-0.2, 0) is 4.89 Å². The van der Waals surface area contributed by atoms with Crippen LogP contribution in [0.3, 0.4) is 0 Å². The molecule has 17 heavy (non-hydrogen) atoms. The molecule has 0 aromatic heterocycles. The van der Waals surface area contributed by atoms with Gasteiger partial charge >= 0.3 is 0 Å². The molecule has 0 aromatic carbocycles. The zero-order chi connectivity index (χ0) is 12.2. The van der Waals surface area contributed by atoms with Crippen molar-refractivity contribution in [3.05, 3.63) is 12.2 Å². The normalized spacial score (nSPS) is 49.4. The van der Waals surface area contributed by atoms with E-state index in [1.54, 1.807) is 6.92 Å². The lowest BCUT2D eigenvalue weighted by atomic mass is 9.48. The summed E-state index contributed by atoms with van der Waals surface area (Å²) >= 11 is 0. The van der Waals surface area contributed by atoms with Crippen molar-refractivity contribution in [3.63, 3.8) is 0 Å². The first-order valence-corrected chi connectivity index (χ1v) is 6.77. The van der Waals surface area contributed by atoms with E-state index < -0.39 is 11.7 Å². The molecule has 3 heteroatoms. The molecule has 2 N–H and O–H groups in total. The fourth-order valence-electron chi connectivity index (χ4n) is 4.94. The van der Waals surface area contributed by atoms with E-state index in [9.17, 15) is 10.4 Å². The average Bonchev–Trinajstić information content (AvgIpc) is 2.28. The third kappa shape index (κ3) is 1.46. The minimum atomic E-state index is -0.665. The largest absolute Gasteiger partial charge is 0.389 e. The van der Waals surface area contributed by atoms with Gasteiger partial charge in [-0.1, -0.05) is 6.58 Å². The quantitative estimate of drug-likeness (QED) is 0.451. The van der Waals surface area contributed by atoms with Crippen LogP contribution in [0.2, 0.25) is 0 Å². The summed E-state index contributed by atoms with van der Waals surface area (Å²) in [6.45, 7) is 5.72. The van der Waals surface area contributed by atoms with Crippen molar-refractivity contribution in [2.45, 2.75) is 50.7 Å². The fourth-order valence-corrected chi connectivity index (χ4v) is 4.94. The van der Waals surface area contributed by atoms with Crippen LogP contribution in [0.1, 0.15) is 39.0 Å². The van der Waals surface area contributed by atoms with E-state index in [1.807, 2.05) is 0 Å². The highest BCUT2D eigenvalue weighted by Gasteiger charge is 2.60. The molecule has 1 unspecified atom stereocenters. The Labute approximate surface area is 102 Å². The molecule has 0 radical (unpaired) electrons. The van der Waals surface area contributed by atoms with Crippen LogP contribution in [0.25, 0.3) is 0 Å². The Morgan fingerprint density at radius 3 is 2.00 bits per heavy atom. The SMILES string of the molecule is C=C(C(C)O)C1(OO)C2CC3CC(C2)CC1C3. The van der Waals surface area contributed by atoms with E-state index >= 15 is 0 Å². The second-order valence-electron chi connectivity index (χ2n) is 6.39. The van der Waals surface area contributed by atoms with Gasteiger partial charge in [0.1, 0.15) is 5.60 Å². The minimum absolute atomic E-state index is 0.353. The van der Waals surface area contributed by atoms with Crippen LogP contribution in [0, 0.1) is 23.7 Å². The van der Waals surface area contributed by atoms with Gasteiger partial charge < -0.3 is 5.11 Å². The fraction of sp³-hybridized carbons (Fsp3) is 0.857. The molecule has 3 nitrogen and oxygen atoms in total. The Hall–Kier alpha value is -0.380. The van der Waals surface area contributed by atoms with Crippen molar-refractivity contribution in [1.29, 1.82) is 0 Å². The lowest BCUT2D eigenvalue weighted by Crippen LogP contribution is -2.60. The first-order valence-electron chi connectivity index (χ1n) is 6.77. The van der Waals surface area contributed by atoms with Gasteiger partial charge in [0.2, 0.25) is 0 Å². The minimum Gasteiger partial charge on any atom is -0.389 e. The lowest BCUT2D eigenvalue weighted by Gasteiger charge is -2.60. The highest BCUT2D eigenvalue weighted by molar-refractivity contribution is 5.26. The van der Waals surface area contributed by atoms with Crippen molar-refractivity contribution in [1.82, 2.24) is 0 Å². The zero-order valence-electron chi connectivity index (χ0n) is 10.4. The topological polar surface area (TPSA) is 49.7 Å². The molecule has 4 aliphatic carbocycles. The lowest BCUT2D eigenvalue weighted by molar-refractivity contribution is -0.364. The third-order valence-electron chi connectivity index (χ3n) is 5.51. The van der Waals surface area contributed by atoms with Crippen LogP contribution in [-0.4, -0.2) is 22.1 Å². The van der Waals surface area contributed by atoms with Crippen LogP contribution in [0.5, 0.6) is 0 Å². The van der Waals surface area contributed by atoms with Crippen molar-refractivity contribution in [2.24, 2.45) is 23.7 Å². The highest BCUT2D eigenvalue weighted by atomic mass is 17.1. The first kappa shape index (κ1) is 11.7. The summed E-state index contributed by atoms with van der Waals surface area (Å²) < 4.78 is 0. The molecule has 4 rings (SSSR count). The maximum absolute atomic E-state index is 9.81. The number of hydrogen-bond acceptors (Lipinski definition) is 3. The Bertz CT molecular complexity index is 306. The standard InChI is InChI=1S/C14H22O3/c1-8(9(2)15)14(17-16)12-4-10-3-11(6-12)7-13(14)5-10/h9-13,15-16H,1,3-7H2,2H3. The summed E-state index contributed by atoms with van der Waals surface area (Å²) in [6, 6.07) is 0. The first-order chi connectivity index (χ1) is 8.07. The van der Waals surface area contributed by atoms with E-state index in [0.29, 0.717) is 17.4 Å². The second kappa shape index (κ2) is 3.81. The van der Waals surface area contributed by atoms with E-state index in [0.717, 1.165) is 37.5 Å². The van der Waals surface area contributed by atoms with Crippen molar-refractivity contribution < 1.29 is 15.3 Å². The van der Waals surface area contributed by atoms with Crippen LogP contribution in [0.15, 0.2) is 12.2 Å². The van der Waals surface area contributed by atoms with E-state index in [4.69, 9.17) is 4.89 Å². The summed E-state index contributed by atoms with van der Waals surface area (Å²) in [5.74, 6) is 2.32.